The number of aryl methyl sites for hydroxylation is 3. The molecule has 29 heavy (non-hydrogen) atoms. The summed E-state index contributed by atoms with van der Waals surface area (Å²) < 4.78 is 3.73. The molecule has 0 spiro atoms. The van der Waals surface area contributed by atoms with Gasteiger partial charge in [-0.05, 0) is 25.5 Å². The van der Waals surface area contributed by atoms with Crippen LogP contribution in [0.1, 0.15) is 27.0 Å². The Bertz CT molecular complexity index is 1170. The quantitative estimate of drug-likeness (QED) is 0.560. The summed E-state index contributed by atoms with van der Waals surface area (Å²) in [7, 11) is 1.91. The maximum atomic E-state index is 13.2. The minimum Gasteiger partial charge on any atom is -0.334 e. The van der Waals surface area contributed by atoms with E-state index in [-0.39, 0.29) is 5.91 Å². The number of anilines is 1. The molecule has 0 bridgehead atoms. The van der Waals surface area contributed by atoms with E-state index in [1.807, 2.05) is 59.7 Å². The second-order valence-electron chi connectivity index (χ2n) is 7.18. The van der Waals surface area contributed by atoms with E-state index in [2.05, 4.69) is 40.5 Å². The first kappa shape index (κ1) is 18.7. The van der Waals surface area contributed by atoms with Gasteiger partial charge in [0.25, 0.3) is 5.91 Å². The van der Waals surface area contributed by atoms with Gasteiger partial charge in [0.15, 0.2) is 0 Å². The maximum Gasteiger partial charge on any atom is 0.257 e. The molecular weight excluding hydrogens is 362 g/mol. The summed E-state index contributed by atoms with van der Waals surface area (Å²) in [5.41, 5.74) is 4.61. The zero-order valence-corrected chi connectivity index (χ0v) is 16.8. The molecule has 0 saturated heterocycles. The number of benzene rings is 2. The second kappa shape index (κ2) is 7.75. The van der Waals surface area contributed by atoms with Gasteiger partial charge in [-0.15, -0.1) is 0 Å². The monoisotopic (exact) mass is 385 g/mol. The zero-order valence-electron chi connectivity index (χ0n) is 16.8. The molecule has 6 heteroatoms. The van der Waals surface area contributed by atoms with Crippen molar-refractivity contribution in [3.8, 4) is 11.4 Å². The van der Waals surface area contributed by atoms with Crippen molar-refractivity contribution >= 4 is 11.7 Å². The van der Waals surface area contributed by atoms with E-state index >= 15 is 0 Å². The molecule has 146 valence electrons. The van der Waals surface area contributed by atoms with Crippen LogP contribution in [0.4, 0.5) is 5.82 Å². The first-order valence-electron chi connectivity index (χ1n) is 9.49. The highest BCUT2D eigenvalue weighted by molar-refractivity contribution is 6.08. The molecule has 4 aromatic rings. The van der Waals surface area contributed by atoms with E-state index in [0.29, 0.717) is 17.9 Å². The lowest BCUT2D eigenvalue weighted by molar-refractivity contribution is 0.102. The van der Waals surface area contributed by atoms with Gasteiger partial charge in [-0.3, -0.25) is 4.79 Å². The minimum atomic E-state index is -0.183. The molecule has 2 aromatic carbocycles. The van der Waals surface area contributed by atoms with Gasteiger partial charge in [0.05, 0.1) is 18.3 Å². The molecule has 0 fully saturated rings. The zero-order chi connectivity index (χ0) is 20.4. The lowest BCUT2D eigenvalue weighted by Crippen LogP contribution is -2.18. The van der Waals surface area contributed by atoms with Gasteiger partial charge in [-0.2, -0.15) is 5.10 Å². The highest BCUT2D eigenvalue weighted by atomic mass is 16.1. The average Bonchev–Trinajstić information content (AvgIpc) is 3.28. The molecule has 0 aliphatic carbocycles. The van der Waals surface area contributed by atoms with E-state index in [4.69, 9.17) is 0 Å². The number of rotatable bonds is 5. The van der Waals surface area contributed by atoms with Crippen molar-refractivity contribution in [3.63, 3.8) is 0 Å². The van der Waals surface area contributed by atoms with Gasteiger partial charge in [0.2, 0.25) is 0 Å². The van der Waals surface area contributed by atoms with Crippen molar-refractivity contribution in [1.29, 1.82) is 0 Å². The SMILES string of the molecule is Cc1cccc(Cn2ncc(C)c2NC(=O)c2ccccc2-c2nccn2C)c1. The van der Waals surface area contributed by atoms with Crippen LogP contribution >= 0.6 is 0 Å². The summed E-state index contributed by atoms with van der Waals surface area (Å²) >= 11 is 0. The van der Waals surface area contributed by atoms with Gasteiger partial charge in [0.1, 0.15) is 11.6 Å². The molecule has 0 saturated carbocycles. The summed E-state index contributed by atoms with van der Waals surface area (Å²) in [6.07, 6.45) is 5.37. The van der Waals surface area contributed by atoms with Gasteiger partial charge in [-0.1, -0.05) is 48.0 Å². The third-order valence-electron chi connectivity index (χ3n) is 4.90. The number of nitrogens with one attached hydrogen (secondary N) is 1. The van der Waals surface area contributed by atoms with Crippen molar-refractivity contribution in [3.05, 3.63) is 89.4 Å². The van der Waals surface area contributed by atoms with Crippen molar-refractivity contribution in [2.75, 3.05) is 5.32 Å². The lowest BCUT2D eigenvalue weighted by atomic mass is 10.1. The van der Waals surface area contributed by atoms with Crippen LogP contribution in [0, 0.1) is 13.8 Å². The Kier molecular flexibility index (Phi) is 4.99. The number of carbonyl (C=O) groups is 1. The van der Waals surface area contributed by atoms with Crippen LogP contribution in [0.2, 0.25) is 0 Å². The van der Waals surface area contributed by atoms with Crippen molar-refractivity contribution in [1.82, 2.24) is 19.3 Å². The second-order valence-corrected chi connectivity index (χ2v) is 7.18. The molecular formula is C23H23N5O. The molecule has 0 radical (unpaired) electrons. The van der Waals surface area contributed by atoms with Crippen LogP contribution in [-0.4, -0.2) is 25.2 Å². The molecule has 0 atom stereocenters. The lowest BCUT2D eigenvalue weighted by Gasteiger charge is -2.13. The first-order valence-corrected chi connectivity index (χ1v) is 9.49. The summed E-state index contributed by atoms with van der Waals surface area (Å²) in [6.45, 7) is 4.60. The van der Waals surface area contributed by atoms with Crippen LogP contribution in [0.25, 0.3) is 11.4 Å². The van der Waals surface area contributed by atoms with Crippen molar-refractivity contribution < 1.29 is 4.79 Å². The van der Waals surface area contributed by atoms with Crippen molar-refractivity contribution in [2.24, 2.45) is 7.05 Å². The first-order chi connectivity index (χ1) is 14.0. The van der Waals surface area contributed by atoms with E-state index in [1.165, 1.54) is 5.56 Å². The predicted molar refractivity (Wildman–Crippen MR) is 114 cm³/mol. The molecule has 1 N–H and O–H groups in total. The Hall–Kier alpha value is -3.67. The summed E-state index contributed by atoms with van der Waals surface area (Å²) in [5.74, 6) is 1.27. The Labute approximate surface area is 169 Å². The van der Waals surface area contributed by atoms with Gasteiger partial charge < -0.3 is 9.88 Å². The van der Waals surface area contributed by atoms with E-state index in [1.54, 1.807) is 12.4 Å². The number of amides is 1. The standard InChI is InChI=1S/C23H23N5O/c1-16-7-6-8-18(13-16)15-28-21(17(2)14-25-28)26-23(29)20-10-5-4-9-19(20)22-24-11-12-27(22)3/h4-14H,15H2,1-3H3,(H,26,29). The molecule has 6 nitrogen and oxygen atoms in total. The van der Waals surface area contributed by atoms with Gasteiger partial charge in [-0.25, -0.2) is 9.67 Å². The summed E-state index contributed by atoms with van der Waals surface area (Å²) in [5, 5.41) is 7.52. The normalized spacial score (nSPS) is 10.9. The largest absolute Gasteiger partial charge is 0.334 e. The molecule has 0 aliphatic rings. The average molecular weight is 385 g/mol. The summed E-state index contributed by atoms with van der Waals surface area (Å²) in [6, 6.07) is 15.8. The predicted octanol–water partition coefficient (Wildman–Crippen LogP) is 4.20. The third-order valence-corrected chi connectivity index (χ3v) is 4.90. The number of carbonyl (C=O) groups excluding carboxylic acids is 1. The van der Waals surface area contributed by atoms with Crippen LogP contribution < -0.4 is 5.32 Å². The van der Waals surface area contributed by atoms with E-state index in [9.17, 15) is 4.79 Å². The van der Waals surface area contributed by atoms with Crippen LogP contribution in [0.15, 0.2) is 67.1 Å². The highest BCUT2D eigenvalue weighted by Crippen LogP contribution is 2.24. The Morgan fingerprint density at radius 2 is 1.93 bits per heavy atom. The van der Waals surface area contributed by atoms with E-state index < -0.39 is 0 Å². The molecule has 4 rings (SSSR count). The minimum absolute atomic E-state index is 0.183. The molecule has 0 aliphatic heterocycles. The smallest absolute Gasteiger partial charge is 0.257 e. The molecule has 0 unspecified atom stereocenters. The number of hydrogen-bond acceptors (Lipinski definition) is 3. The molecule has 2 heterocycles. The van der Waals surface area contributed by atoms with Crippen LogP contribution in [0.5, 0.6) is 0 Å². The highest BCUT2D eigenvalue weighted by Gasteiger charge is 2.18. The van der Waals surface area contributed by atoms with E-state index in [0.717, 1.165) is 22.5 Å². The number of aromatic nitrogens is 4. The molecule has 2 aromatic heterocycles. The Morgan fingerprint density at radius 1 is 1.10 bits per heavy atom. The van der Waals surface area contributed by atoms with Crippen LogP contribution in [-0.2, 0) is 13.6 Å². The Balaban J connectivity index is 1.64. The fourth-order valence-electron chi connectivity index (χ4n) is 3.42. The third kappa shape index (κ3) is 3.82. The summed E-state index contributed by atoms with van der Waals surface area (Å²) in [4.78, 5) is 17.6. The number of hydrogen-bond donors (Lipinski definition) is 1. The Morgan fingerprint density at radius 3 is 2.69 bits per heavy atom. The van der Waals surface area contributed by atoms with Gasteiger partial charge >= 0.3 is 0 Å². The number of imidazole rings is 1. The number of nitrogens with zero attached hydrogens (tertiary/aromatic N) is 4. The maximum absolute atomic E-state index is 13.2. The fraction of sp³-hybridized carbons (Fsp3) is 0.174. The topological polar surface area (TPSA) is 64.7 Å². The van der Waals surface area contributed by atoms with Crippen molar-refractivity contribution in [2.45, 2.75) is 20.4 Å². The fourth-order valence-corrected chi connectivity index (χ4v) is 3.42. The van der Waals surface area contributed by atoms with Gasteiger partial charge in [0, 0.05) is 30.6 Å². The van der Waals surface area contributed by atoms with Crippen LogP contribution in [0.3, 0.4) is 0 Å². The molecule has 1 amide bonds.